The fourth-order valence-electron chi connectivity index (χ4n) is 1.11. The Balaban J connectivity index is 2.49. The van der Waals surface area contributed by atoms with Crippen molar-refractivity contribution in [3.05, 3.63) is 0 Å². The molecule has 0 aromatic heterocycles. The van der Waals surface area contributed by atoms with Crippen LogP contribution in [-0.2, 0) is 0 Å². The summed E-state index contributed by atoms with van der Waals surface area (Å²) in [5.74, 6) is 0. The zero-order chi connectivity index (χ0) is 8.27. The molecule has 0 aromatic carbocycles. The molecule has 2 amide bonds. The van der Waals surface area contributed by atoms with E-state index >= 15 is 0 Å². The Bertz CT molecular complexity index is 181. The van der Waals surface area contributed by atoms with Crippen molar-refractivity contribution in [3.8, 4) is 0 Å². The SMILES string of the molecule is CC1CC(/C=N\O)NC(=O)N1. The van der Waals surface area contributed by atoms with E-state index in [1.165, 1.54) is 6.21 Å². The number of nitrogens with one attached hydrogen (secondary N) is 2. The summed E-state index contributed by atoms with van der Waals surface area (Å²) in [6, 6.07) is -0.232. The summed E-state index contributed by atoms with van der Waals surface area (Å²) in [4.78, 5) is 10.8. The summed E-state index contributed by atoms with van der Waals surface area (Å²) in [5.41, 5.74) is 0. The van der Waals surface area contributed by atoms with E-state index in [0.29, 0.717) is 0 Å². The van der Waals surface area contributed by atoms with E-state index in [0.717, 1.165) is 6.42 Å². The Labute approximate surface area is 64.5 Å². The maximum absolute atomic E-state index is 10.8. The van der Waals surface area contributed by atoms with Gasteiger partial charge in [0, 0.05) is 6.04 Å². The minimum Gasteiger partial charge on any atom is -0.411 e. The second kappa shape index (κ2) is 3.23. The lowest BCUT2D eigenvalue weighted by Gasteiger charge is -2.25. The zero-order valence-corrected chi connectivity index (χ0v) is 6.24. The summed E-state index contributed by atoms with van der Waals surface area (Å²) < 4.78 is 0. The van der Waals surface area contributed by atoms with Gasteiger partial charge < -0.3 is 15.8 Å². The number of rotatable bonds is 1. The van der Waals surface area contributed by atoms with E-state index in [2.05, 4.69) is 15.8 Å². The second-order valence-electron chi connectivity index (χ2n) is 2.63. The Morgan fingerprint density at radius 1 is 1.73 bits per heavy atom. The van der Waals surface area contributed by atoms with Gasteiger partial charge in [0.05, 0.1) is 12.3 Å². The van der Waals surface area contributed by atoms with Gasteiger partial charge in [-0.1, -0.05) is 5.16 Å². The molecule has 1 saturated heterocycles. The van der Waals surface area contributed by atoms with Gasteiger partial charge >= 0.3 is 6.03 Å². The van der Waals surface area contributed by atoms with Gasteiger partial charge in [-0.25, -0.2) is 4.79 Å². The summed E-state index contributed by atoms with van der Waals surface area (Å²) in [5, 5.41) is 16.3. The van der Waals surface area contributed by atoms with Gasteiger partial charge in [-0.3, -0.25) is 0 Å². The van der Waals surface area contributed by atoms with Crippen LogP contribution in [0, 0.1) is 0 Å². The lowest BCUT2D eigenvalue weighted by molar-refractivity contribution is 0.226. The molecular weight excluding hydrogens is 146 g/mol. The third kappa shape index (κ3) is 2.10. The number of hydrogen-bond acceptors (Lipinski definition) is 3. The van der Waals surface area contributed by atoms with Crippen molar-refractivity contribution < 1.29 is 10.0 Å². The van der Waals surface area contributed by atoms with E-state index in [9.17, 15) is 4.79 Å². The minimum absolute atomic E-state index is 0.131. The van der Waals surface area contributed by atoms with Crippen molar-refractivity contribution in [1.82, 2.24) is 10.6 Å². The minimum atomic E-state index is -0.214. The van der Waals surface area contributed by atoms with Crippen LogP contribution >= 0.6 is 0 Å². The number of carbonyl (C=O) groups excluding carboxylic acids is 1. The molecule has 0 radical (unpaired) electrons. The van der Waals surface area contributed by atoms with E-state index in [1.807, 2.05) is 6.92 Å². The molecule has 11 heavy (non-hydrogen) atoms. The Morgan fingerprint density at radius 3 is 3.00 bits per heavy atom. The van der Waals surface area contributed by atoms with Crippen LogP contribution in [0.1, 0.15) is 13.3 Å². The van der Waals surface area contributed by atoms with E-state index in [1.54, 1.807) is 0 Å². The first-order valence-corrected chi connectivity index (χ1v) is 3.47. The lowest BCUT2D eigenvalue weighted by atomic mass is 10.1. The normalized spacial score (nSPS) is 31.5. The number of nitrogens with zero attached hydrogens (tertiary/aromatic N) is 1. The standard InChI is InChI=1S/C6H11N3O2/c1-4-2-5(3-7-11)9-6(10)8-4/h3-5,11H,2H2,1H3,(H2,8,9,10)/b7-3-. The van der Waals surface area contributed by atoms with E-state index in [4.69, 9.17) is 5.21 Å². The van der Waals surface area contributed by atoms with Crippen LogP contribution in [0.4, 0.5) is 4.79 Å². The van der Waals surface area contributed by atoms with Gasteiger partial charge in [0.15, 0.2) is 0 Å². The van der Waals surface area contributed by atoms with Crippen LogP contribution in [0.15, 0.2) is 5.16 Å². The number of hydrogen-bond donors (Lipinski definition) is 3. The maximum atomic E-state index is 10.8. The number of urea groups is 1. The van der Waals surface area contributed by atoms with Crippen molar-refractivity contribution in [2.75, 3.05) is 0 Å². The molecule has 2 unspecified atom stereocenters. The fourth-order valence-corrected chi connectivity index (χ4v) is 1.11. The van der Waals surface area contributed by atoms with Gasteiger partial charge in [-0.2, -0.15) is 0 Å². The summed E-state index contributed by atoms with van der Waals surface area (Å²) in [6.45, 7) is 1.90. The Morgan fingerprint density at radius 2 is 2.45 bits per heavy atom. The molecule has 5 nitrogen and oxygen atoms in total. The molecule has 2 atom stereocenters. The van der Waals surface area contributed by atoms with Crippen molar-refractivity contribution in [3.63, 3.8) is 0 Å². The number of amides is 2. The highest BCUT2D eigenvalue weighted by Crippen LogP contribution is 2.00. The first-order valence-electron chi connectivity index (χ1n) is 3.47. The zero-order valence-electron chi connectivity index (χ0n) is 6.24. The van der Waals surface area contributed by atoms with Crippen molar-refractivity contribution in [1.29, 1.82) is 0 Å². The first kappa shape index (κ1) is 7.84. The average Bonchev–Trinajstić information content (AvgIpc) is 1.85. The van der Waals surface area contributed by atoms with Crippen LogP contribution in [0.5, 0.6) is 0 Å². The van der Waals surface area contributed by atoms with Crippen molar-refractivity contribution in [2.45, 2.75) is 25.4 Å². The predicted molar refractivity (Wildman–Crippen MR) is 39.8 cm³/mol. The maximum Gasteiger partial charge on any atom is 0.315 e. The van der Waals surface area contributed by atoms with Gasteiger partial charge in [0.2, 0.25) is 0 Å². The Kier molecular flexibility index (Phi) is 2.30. The van der Waals surface area contributed by atoms with Crippen LogP contribution in [0.2, 0.25) is 0 Å². The second-order valence-corrected chi connectivity index (χ2v) is 2.63. The topological polar surface area (TPSA) is 73.7 Å². The average molecular weight is 157 g/mol. The Hall–Kier alpha value is -1.26. The van der Waals surface area contributed by atoms with Crippen LogP contribution in [0.3, 0.4) is 0 Å². The van der Waals surface area contributed by atoms with E-state index < -0.39 is 0 Å². The van der Waals surface area contributed by atoms with Gasteiger partial charge in [-0.15, -0.1) is 0 Å². The highest BCUT2D eigenvalue weighted by atomic mass is 16.4. The molecule has 0 aliphatic carbocycles. The third-order valence-electron chi connectivity index (χ3n) is 1.55. The quantitative estimate of drug-likeness (QED) is 0.282. The monoisotopic (exact) mass is 157 g/mol. The molecule has 3 N–H and O–H groups in total. The third-order valence-corrected chi connectivity index (χ3v) is 1.55. The fraction of sp³-hybridized carbons (Fsp3) is 0.667. The summed E-state index contributed by atoms with van der Waals surface area (Å²) >= 11 is 0. The molecule has 5 heteroatoms. The molecule has 1 rings (SSSR count). The lowest BCUT2D eigenvalue weighted by Crippen LogP contribution is -2.53. The molecule has 62 valence electrons. The highest BCUT2D eigenvalue weighted by molar-refractivity contribution is 5.80. The molecule has 0 spiro atoms. The summed E-state index contributed by atoms with van der Waals surface area (Å²) in [7, 11) is 0. The predicted octanol–water partition coefficient (Wildman–Crippen LogP) is -0.0936. The van der Waals surface area contributed by atoms with Crippen molar-refractivity contribution in [2.24, 2.45) is 5.16 Å². The van der Waals surface area contributed by atoms with E-state index in [-0.39, 0.29) is 18.1 Å². The summed E-state index contributed by atoms with van der Waals surface area (Å²) in [6.07, 6.45) is 2.06. The molecule has 1 heterocycles. The van der Waals surface area contributed by atoms with Crippen LogP contribution < -0.4 is 10.6 Å². The largest absolute Gasteiger partial charge is 0.411 e. The molecule has 0 aromatic rings. The molecule has 1 aliphatic heterocycles. The number of carbonyl (C=O) groups is 1. The van der Waals surface area contributed by atoms with Crippen molar-refractivity contribution >= 4 is 12.2 Å². The molecule has 0 saturated carbocycles. The van der Waals surface area contributed by atoms with Gasteiger partial charge in [0.1, 0.15) is 0 Å². The molecular formula is C6H11N3O2. The van der Waals surface area contributed by atoms with Crippen LogP contribution in [0.25, 0.3) is 0 Å². The molecule has 1 fully saturated rings. The number of oxime groups is 1. The highest BCUT2D eigenvalue weighted by Gasteiger charge is 2.20. The van der Waals surface area contributed by atoms with Gasteiger partial charge in [0.25, 0.3) is 0 Å². The smallest absolute Gasteiger partial charge is 0.315 e. The molecule has 0 bridgehead atoms. The first-order chi connectivity index (χ1) is 5.22. The molecule has 1 aliphatic rings. The van der Waals surface area contributed by atoms with Gasteiger partial charge in [-0.05, 0) is 13.3 Å². The van der Waals surface area contributed by atoms with Crippen LogP contribution in [-0.4, -0.2) is 29.5 Å².